The molecule has 0 saturated heterocycles. The summed E-state index contributed by atoms with van der Waals surface area (Å²) >= 11 is 4.39. The fourth-order valence-corrected chi connectivity index (χ4v) is 3.82. The number of thiazole rings is 1. The molecule has 1 amide bonds. The maximum Gasteiger partial charge on any atom is 0.416 e. The Morgan fingerprint density at radius 1 is 1.13 bits per heavy atom. The van der Waals surface area contributed by atoms with Crippen molar-refractivity contribution in [2.75, 3.05) is 5.32 Å². The summed E-state index contributed by atoms with van der Waals surface area (Å²) in [5.41, 5.74) is -0.760. The summed E-state index contributed by atoms with van der Waals surface area (Å²) in [6.07, 6.45) is -4.55. The van der Waals surface area contributed by atoms with E-state index in [9.17, 15) is 22.8 Å². The predicted molar refractivity (Wildman–Crippen MR) is 111 cm³/mol. The summed E-state index contributed by atoms with van der Waals surface area (Å²) in [4.78, 5) is 28.8. The highest BCUT2D eigenvalue weighted by molar-refractivity contribution is 9.10. The van der Waals surface area contributed by atoms with Crippen molar-refractivity contribution in [2.45, 2.75) is 6.18 Å². The molecule has 10 heteroatoms. The normalized spacial score (nSPS) is 11.6. The zero-order valence-electron chi connectivity index (χ0n) is 14.8. The maximum atomic E-state index is 12.8. The van der Waals surface area contributed by atoms with Gasteiger partial charge in [-0.1, -0.05) is 22.0 Å². The molecule has 2 heterocycles. The molecule has 4 rings (SSSR count). The third kappa shape index (κ3) is 4.14. The van der Waals surface area contributed by atoms with E-state index in [1.807, 2.05) is 0 Å². The molecule has 0 aliphatic rings. The van der Waals surface area contributed by atoms with Gasteiger partial charge < -0.3 is 4.42 Å². The first-order chi connectivity index (χ1) is 14.2. The molecule has 152 valence electrons. The van der Waals surface area contributed by atoms with Gasteiger partial charge in [0.05, 0.1) is 16.8 Å². The van der Waals surface area contributed by atoms with Crippen molar-refractivity contribution in [1.82, 2.24) is 4.98 Å². The van der Waals surface area contributed by atoms with Crippen LogP contribution in [0.15, 0.2) is 67.6 Å². The molecule has 5 nitrogen and oxygen atoms in total. The number of nitrogens with one attached hydrogen (secondary N) is 1. The Bertz CT molecular complexity index is 1330. The van der Waals surface area contributed by atoms with E-state index in [4.69, 9.17) is 4.42 Å². The zero-order chi connectivity index (χ0) is 21.5. The Morgan fingerprint density at radius 2 is 1.93 bits per heavy atom. The van der Waals surface area contributed by atoms with Gasteiger partial charge in [0.15, 0.2) is 5.13 Å². The van der Waals surface area contributed by atoms with E-state index in [2.05, 4.69) is 26.2 Å². The molecule has 0 saturated carbocycles. The minimum atomic E-state index is -4.55. The molecule has 0 unspecified atom stereocenters. The van der Waals surface area contributed by atoms with E-state index >= 15 is 0 Å². The van der Waals surface area contributed by atoms with Crippen molar-refractivity contribution in [2.24, 2.45) is 0 Å². The van der Waals surface area contributed by atoms with Crippen LogP contribution in [-0.2, 0) is 6.18 Å². The first-order valence-electron chi connectivity index (χ1n) is 8.38. The molecule has 2 aromatic carbocycles. The van der Waals surface area contributed by atoms with Gasteiger partial charge in [0.25, 0.3) is 5.91 Å². The quantitative estimate of drug-likeness (QED) is 0.357. The van der Waals surface area contributed by atoms with Crippen LogP contribution in [0.1, 0.15) is 15.9 Å². The van der Waals surface area contributed by atoms with Gasteiger partial charge in [-0.25, -0.2) is 9.78 Å². The molecule has 0 radical (unpaired) electrons. The molecule has 0 aliphatic carbocycles. The lowest BCUT2D eigenvalue weighted by Crippen LogP contribution is -2.13. The minimum absolute atomic E-state index is 0.140. The van der Waals surface area contributed by atoms with Crippen molar-refractivity contribution < 1.29 is 22.4 Å². The fraction of sp³-hybridized carbons (Fsp3) is 0.0500. The number of aromatic nitrogens is 1. The molecule has 4 aromatic rings. The Morgan fingerprint density at radius 3 is 2.70 bits per heavy atom. The van der Waals surface area contributed by atoms with Crippen molar-refractivity contribution in [3.8, 4) is 11.3 Å². The van der Waals surface area contributed by atoms with E-state index in [1.54, 1.807) is 29.6 Å². The monoisotopic (exact) mass is 494 g/mol. The number of halogens is 4. The van der Waals surface area contributed by atoms with E-state index < -0.39 is 23.3 Å². The second-order valence-electron chi connectivity index (χ2n) is 6.20. The molecule has 0 fully saturated rings. The first kappa shape index (κ1) is 20.3. The van der Waals surface area contributed by atoms with Gasteiger partial charge >= 0.3 is 11.8 Å². The van der Waals surface area contributed by atoms with Crippen LogP contribution in [0.25, 0.3) is 22.2 Å². The second kappa shape index (κ2) is 7.69. The summed E-state index contributed by atoms with van der Waals surface area (Å²) in [6, 6.07) is 10.9. The molecule has 2 aromatic heterocycles. The molecule has 30 heavy (non-hydrogen) atoms. The highest BCUT2D eigenvalue weighted by Gasteiger charge is 2.31. The number of amides is 1. The van der Waals surface area contributed by atoms with Crippen LogP contribution >= 0.6 is 27.3 Å². The average Bonchev–Trinajstić information content (AvgIpc) is 3.15. The number of alkyl halides is 3. The van der Waals surface area contributed by atoms with Crippen LogP contribution in [0.3, 0.4) is 0 Å². The summed E-state index contributed by atoms with van der Waals surface area (Å²) in [7, 11) is 0. The number of rotatable bonds is 3. The van der Waals surface area contributed by atoms with Gasteiger partial charge in [-0.2, -0.15) is 13.2 Å². The van der Waals surface area contributed by atoms with Crippen molar-refractivity contribution in [3.05, 3.63) is 79.9 Å². The third-order valence-corrected chi connectivity index (χ3v) is 5.40. The number of benzene rings is 2. The van der Waals surface area contributed by atoms with Crippen LogP contribution in [-0.4, -0.2) is 10.9 Å². The standard InChI is InChI=1S/C20H10BrF3N2O3S/c21-13-4-5-16-11(7-13)8-14(18(28)29-16)15-9-30-19(25-15)26-17(27)10-2-1-3-12(6-10)20(22,23)24/h1-9H,(H,25,26,27). The van der Waals surface area contributed by atoms with Crippen LogP contribution < -0.4 is 10.9 Å². The number of carbonyl (C=O) groups is 1. The predicted octanol–water partition coefficient (Wildman–Crippen LogP) is 5.95. The lowest BCUT2D eigenvalue weighted by molar-refractivity contribution is -0.137. The smallest absolute Gasteiger partial charge is 0.416 e. The number of carbonyl (C=O) groups excluding carboxylic acids is 1. The van der Waals surface area contributed by atoms with Crippen molar-refractivity contribution >= 4 is 49.3 Å². The first-order valence-corrected chi connectivity index (χ1v) is 10.1. The van der Waals surface area contributed by atoms with Gasteiger partial charge in [0.2, 0.25) is 0 Å². The Hall–Kier alpha value is -2.98. The largest absolute Gasteiger partial charge is 0.422 e. The molecular weight excluding hydrogens is 485 g/mol. The van der Waals surface area contributed by atoms with Crippen LogP contribution in [0.2, 0.25) is 0 Å². The summed E-state index contributed by atoms with van der Waals surface area (Å²) in [6.45, 7) is 0. The lowest BCUT2D eigenvalue weighted by atomic mass is 10.1. The molecular formula is C20H10BrF3N2O3S. The summed E-state index contributed by atoms with van der Waals surface area (Å²) in [5.74, 6) is -0.739. The number of hydrogen-bond acceptors (Lipinski definition) is 5. The van der Waals surface area contributed by atoms with Gasteiger partial charge in [0, 0.05) is 20.8 Å². The average molecular weight is 495 g/mol. The highest BCUT2D eigenvalue weighted by Crippen LogP contribution is 2.30. The van der Waals surface area contributed by atoms with E-state index in [1.165, 1.54) is 6.07 Å². The maximum absolute atomic E-state index is 12.8. The fourth-order valence-electron chi connectivity index (χ4n) is 2.73. The number of fused-ring (bicyclic) bond motifs is 1. The lowest BCUT2D eigenvalue weighted by Gasteiger charge is -2.08. The molecule has 0 atom stereocenters. The van der Waals surface area contributed by atoms with Crippen LogP contribution in [0, 0.1) is 0 Å². The second-order valence-corrected chi connectivity index (χ2v) is 7.97. The van der Waals surface area contributed by atoms with Crippen LogP contribution in [0.4, 0.5) is 18.3 Å². The van der Waals surface area contributed by atoms with E-state index in [0.717, 1.165) is 34.0 Å². The van der Waals surface area contributed by atoms with Crippen LogP contribution in [0.5, 0.6) is 0 Å². The molecule has 0 spiro atoms. The Balaban J connectivity index is 1.61. The van der Waals surface area contributed by atoms with E-state index in [-0.39, 0.29) is 22.0 Å². The molecule has 0 bridgehead atoms. The van der Waals surface area contributed by atoms with Crippen molar-refractivity contribution in [3.63, 3.8) is 0 Å². The Labute approximate surface area is 179 Å². The molecule has 1 N–H and O–H groups in total. The highest BCUT2D eigenvalue weighted by atomic mass is 79.9. The van der Waals surface area contributed by atoms with Gasteiger partial charge in [-0.15, -0.1) is 11.3 Å². The van der Waals surface area contributed by atoms with Crippen molar-refractivity contribution in [1.29, 1.82) is 0 Å². The summed E-state index contributed by atoms with van der Waals surface area (Å²) < 4.78 is 44.6. The third-order valence-electron chi connectivity index (χ3n) is 4.15. The SMILES string of the molecule is O=C(Nc1nc(-c2cc3cc(Br)ccc3oc2=O)cs1)c1cccc(C(F)(F)F)c1. The van der Waals surface area contributed by atoms with Gasteiger partial charge in [0.1, 0.15) is 5.58 Å². The minimum Gasteiger partial charge on any atom is -0.422 e. The topological polar surface area (TPSA) is 72.2 Å². The van der Waals surface area contributed by atoms with Gasteiger partial charge in [-0.3, -0.25) is 10.1 Å². The number of nitrogens with zero attached hydrogens (tertiary/aromatic N) is 1. The zero-order valence-corrected chi connectivity index (χ0v) is 17.2. The summed E-state index contributed by atoms with van der Waals surface area (Å²) in [5, 5.41) is 4.83. The van der Waals surface area contributed by atoms with E-state index in [0.29, 0.717) is 11.0 Å². The number of anilines is 1. The van der Waals surface area contributed by atoms with Gasteiger partial charge in [-0.05, 0) is 42.5 Å². The molecule has 0 aliphatic heterocycles. The Kier molecular flexibility index (Phi) is 5.20. The number of hydrogen-bond donors (Lipinski definition) is 1.